The lowest BCUT2D eigenvalue weighted by molar-refractivity contribution is 0.328. The first kappa shape index (κ1) is 9.83. The predicted octanol–water partition coefficient (Wildman–Crippen LogP) is 3.88. The lowest BCUT2D eigenvalue weighted by Gasteiger charge is -2.18. The molecule has 0 amide bonds. The van der Waals surface area contributed by atoms with Gasteiger partial charge in [-0.3, -0.25) is 0 Å². The Morgan fingerprint density at radius 2 is 2.08 bits per heavy atom. The van der Waals surface area contributed by atoms with Crippen LogP contribution in [0.3, 0.4) is 0 Å². The molecule has 0 heteroatoms. The summed E-state index contributed by atoms with van der Waals surface area (Å²) < 4.78 is 0. The van der Waals surface area contributed by atoms with Gasteiger partial charge in [-0.1, -0.05) is 39.3 Å². The van der Waals surface area contributed by atoms with E-state index in [4.69, 9.17) is 0 Å². The van der Waals surface area contributed by atoms with Crippen molar-refractivity contribution in [1.29, 1.82) is 0 Å². The van der Waals surface area contributed by atoms with E-state index >= 15 is 0 Å². The molecule has 1 fully saturated rings. The summed E-state index contributed by atoms with van der Waals surface area (Å²) >= 11 is 0. The van der Waals surface area contributed by atoms with Crippen molar-refractivity contribution in [3.05, 3.63) is 12.2 Å². The largest absolute Gasteiger partial charge is 0.0999 e. The third kappa shape index (κ3) is 1.91. The average molecular weight is 166 g/mol. The summed E-state index contributed by atoms with van der Waals surface area (Å²) in [4.78, 5) is 0. The molecule has 0 saturated heterocycles. The van der Waals surface area contributed by atoms with Gasteiger partial charge in [0.15, 0.2) is 0 Å². The fraction of sp³-hybridized carbons (Fsp3) is 0.833. The lowest BCUT2D eigenvalue weighted by Crippen LogP contribution is -2.10. The van der Waals surface area contributed by atoms with Crippen molar-refractivity contribution >= 4 is 0 Å². The van der Waals surface area contributed by atoms with Gasteiger partial charge in [0.1, 0.15) is 0 Å². The number of rotatable bonds is 4. The van der Waals surface area contributed by atoms with Gasteiger partial charge in [0.25, 0.3) is 0 Å². The fourth-order valence-corrected chi connectivity index (χ4v) is 2.16. The molecule has 1 rings (SSSR count). The molecule has 0 aliphatic heterocycles. The fourth-order valence-electron chi connectivity index (χ4n) is 2.16. The first-order valence-corrected chi connectivity index (χ1v) is 5.23. The number of hydrogen-bond donors (Lipinski definition) is 0. The van der Waals surface area contributed by atoms with E-state index in [9.17, 15) is 0 Å². The summed E-state index contributed by atoms with van der Waals surface area (Å²) in [6.07, 6.45) is 2.72. The molecule has 0 aromatic heterocycles. The summed E-state index contributed by atoms with van der Waals surface area (Å²) in [5.74, 6) is 3.60. The zero-order valence-electron chi connectivity index (χ0n) is 8.93. The second-order valence-corrected chi connectivity index (χ2v) is 4.60. The van der Waals surface area contributed by atoms with Crippen molar-refractivity contribution in [3.8, 4) is 0 Å². The topological polar surface area (TPSA) is 0 Å². The maximum atomic E-state index is 4.03. The van der Waals surface area contributed by atoms with Crippen LogP contribution in [0.1, 0.15) is 40.5 Å². The van der Waals surface area contributed by atoms with Gasteiger partial charge in [0, 0.05) is 0 Å². The predicted molar refractivity (Wildman–Crippen MR) is 55.0 cm³/mol. The SMILES string of the molecule is C=C(C)C1CC1C(C)C(C)CC. The van der Waals surface area contributed by atoms with Gasteiger partial charge in [-0.2, -0.15) is 0 Å². The highest BCUT2D eigenvalue weighted by Gasteiger charge is 2.42. The molecule has 0 nitrogen and oxygen atoms in total. The summed E-state index contributed by atoms with van der Waals surface area (Å²) in [6.45, 7) is 13.3. The minimum Gasteiger partial charge on any atom is -0.0999 e. The Balaban J connectivity index is 2.37. The van der Waals surface area contributed by atoms with Gasteiger partial charge >= 0.3 is 0 Å². The first-order chi connectivity index (χ1) is 5.57. The van der Waals surface area contributed by atoms with Gasteiger partial charge in [-0.25, -0.2) is 0 Å². The Morgan fingerprint density at radius 3 is 2.42 bits per heavy atom. The summed E-state index contributed by atoms with van der Waals surface area (Å²) in [5, 5.41) is 0. The van der Waals surface area contributed by atoms with Crippen molar-refractivity contribution in [2.75, 3.05) is 0 Å². The lowest BCUT2D eigenvalue weighted by atomic mass is 9.88. The molecule has 12 heavy (non-hydrogen) atoms. The van der Waals surface area contributed by atoms with Crippen LogP contribution in [0.15, 0.2) is 12.2 Å². The van der Waals surface area contributed by atoms with Crippen molar-refractivity contribution in [2.24, 2.45) is 23.7 Å². The molecule has 0 spiro atoms. The van der Waals surface area contributed by atoms with E-state index in [1.165, 1.54) is 18.4 Å². The van der Waals surface area contributed by atoms with E-state index in [0.29, 0.717) is 0 Å². The minimum atomic E-state index is 0.856. The highest BCUT2D eigenvalue weighted by atomic mass is 14.5. The Bertz CT molecular complexity index is 169. The Kier molecular flexibility index (Phi) is 2.98. The van der Waals surface area contributed by atoms with Crippen LogP contribution >= 0.6 is 0 Å². The summed E-state index contributed by atoms with van der Waals surface area (Å²) in [7, 11) is 0. The van der Waals surface area contributed by atoms with Crippen LogP contribution in [0.2, 0.25) is 0 Å². The van der Waals surface area contributed by atoms with Gasteiger partial charge < -0.3 is 0 Å². The third-order valence-electron chi connectivity index (χ3n) is 3.69. The zero-order chi connectivity index (χ0) is 9.30. The Hall–Kier alpha value is -0.260. The second-order valence-electron chi connectivity index (χ2n) is 4.60. The monoisotopic (exact) mass is 166 g/mol. The van der Waals surface area contributed by atoms with Crippen LogP contribution in [0, 0.1) is 23.7 Å². The molecule has 1 saturated carbocycles. The molecule has 70 valence electrons. The third-order valence-corrected chi connectivity index (χ3v) is 3.69. The molecule has 0 heterocycles. The second kappa shape index (κ2) is 3.64. The van der Waals surface area contributed by atoms with Crippen LogP contribution in [0.4, 0.5) is 0 Å². The number of allylic oxidation sites excluding steroid dienone is 1. The van der Waals surface area contributed by atoms with E-state index in [2.05, 4.69) is 34.3 Å². The van der Waals surface area contributed by atoms with Crippen LogP contribution in [-0.4, -0.2) is 0 Å². The van der Waals surface area contributed by atoms with Gasteiger partial charge in [-0.05, 0) is 37.0 Å². The van der Waals surface area contributed by atoms with E-state index < -0.39 is 0 Å². The van der Waals surface area contributed by atoms with Gasteiger partial charge in [0.2, 0.25) is 0 Å². The molecule has 0 N–H and O–H groups in total. The van der Waals surface area contributed by atoms with Crippen molar-refractivity contribution in [3.63, 3.8) is 0 Å². The number of hydrogen-bond acceptors (Lipinski definition) is 0. The molecule has 1 aliphatic carbocycles. The molecule has 0 radical (unpaired) electrons. The molecule has 4 atom stereocenters. The van der Waals surface area contributed by atoms with Gasteiger partial charge in [-0.15, -0.1) is 0 Å². The average Bonchev–Trinajstić information content (AvgIpc) is 2.80. The Labute approximate surface area is 77.1 Å². The van der Waals surface area contributed by atoms with Crippen molar-refractivity contribution < 1.29 is 0 Å². The normalized spacial score (nSPS) is 32.7. The first-order valence-electron chi connectivity index (χ1n) is 5.23. The maximum absolute atomic E-state index is 4.03. The Morgan fingerprint density at radius 1 is 1.50 bits per heavy atom. The van der Waals surface area contributed by atoms with E-state index in [1.807, 2.05) is 0 Å². The van der Waals surface area contributed by atoms with Crippen molar-refractivity contribution in [1.82, 2.24) is 0 Å². The summed E-state index contributed by atoms with van der Waals surface area (Å²) in [5.41, 5.74) is 1.40. The highest BCUT2D eigenvalue weighted by molar-refractivity contribution is 5.10. The van der Waals surface area contributed by atoms with Crippen molar-refractivity contribution in [2.45, 2.75) is 40.5 Å². The van der Waals surface area contributed by atoms with E-state index in [-0.39, 0.29) is 0 Å². The van der Waals surface area contributed by atoms with Crippen LogP contribution < -0.4 is 0 Å². The molecule has 0 aromatic rings. The molecule has 0 aromatic carbocycles. The maximum Gasteiger partial charge on any atom is -0.0175 e. The molecule has 0 bridgehead atoms. The van der Waals surface area contributed by atoms with Crippen LogP contribution in [0.25, 0.3) is 0 Å². The molecular formula is C12H22. The molecule has 4 unspecified atom stereocenters. The van der Waals surface area contributed by atoms with Gasteiger partial charge in [0.05, 0.1) is 0 Å². The van der Waals surface area contributed by atoms with Crippen LogP contribution in [-0.2, 0) is 0 Å². The van der Waals surface area contributed by atoms with Crippen LogP contribution in [0.5, 0.6) is 0 Å². The molecular weight excluding hydrogens is 144 g/mol. The minimum absolute atomic E-state index is 0.856. The van der Waals surface area contributed by atoms with E-state index in [0.717, 1.165) is 23.7 Å². The summed E-state index contributed by atoms with van der Waals surface area (Å²) in [6, 6.07) is 0. The smallest absolute Gasteiger partial charge is 0.0175 e. The van der Waals surface area contributed by atoms with E-state index in [1.54, 1.807) is 0 Å². The standard InChI is InChI=1S/C12H22/c1-6-9(4)10(5)12-7-11(12)8(2)3/h9-12H,2,6-7H2,1,3-5H3. The quantitative estimate of drug-likeness (QED) is 0.556. The molecule has 1 aliphatic rings. The highest BCUT2D eigenvalue weighted by Crippen LogP contribution is 2.50. The zero-order valence-corrected chi connectivity index (χ0v) is 8.93.